The first kappa shape index (κ1) is 11.7. The fourth-order valence-electron chi connectivity index (χ4n) is 1.28. The van der Waals surface area contributed by atoms with Gasteiger partial charge < -0.3 is 9.84 Å². The number of aromatic nitrogens is 2. The summed E-state index contributed by atoms with van der Waals surface area (Å²) < 4.78 is 4.92. The van der Waals surface area contributed by atoms with Gasteiger partial charge in [-0.15, -0.1) is 0 Å². The summed E-state index contributed by atoms with van der Waals surface area (Å²) in [5.41, 5.74) is 0.873. The third kappa shape index (κ3) is 3.08. The van der Waals surface area contributed by atoms with Crippen LogP contribution in [0, 0.1) is 17.0 Å². The van der Waals surface area contributed by atoms with Crippen LogP contribution in [0.4, 0.5) is 5.00 Å². The second-order valence-electron chi connectivity index (χ2n) is 3.39. The summed E-state index contributed by atoms with van der Waals surface area (Å²) in [4.78, 5) is 14.1. The van der Waals surface area contributed by atoms with Crippen LogP contribution in [0.15, 0.2) is 16.0 Å². The highest BCUT2D eigenvalue weighted by molar-refractivity contribution is 7.13. The number of thiophene rings is 1. The number of hydrogen-bond donors (Lipinski definition) is 1. The number of rotatable bonds is 5. The van der Waals surface area contributed by atoms with E-state index >= 15 is 0 Å². The van der Waals surface area contributed by atoms with E-state index in [1.807, 2.05) is 0 Å². The number of hydrogen-bond acceptors (Lipinski definition) is 7. The fraction of sp³-hybridized carbons (Fsp3) is 0.333. The molecule has 0 atom stereocenters. The molecule has 2 aromatic heterocycles. The van der Waals surface area contributed by atoms with E-state index in [0.29, 0.717) is 24.8 Å². The SMILES string of the molecule is Cc1noc(CNCc2csc([N+](=O)[O-])c2)n1. The van der Waals surface area contributed by atoms with Gasteiger partial charge in [0.25, 0.3) is 0 Å². The third-order valence-electron chi connectivity index (χ3n) is 1.99. The molecule has 1 N–H and O–H groups in total. The number of nitrogens with one attached hydrogen (secondary N) is 1. The zero-order valence-corrected chi connectivity index (χ0v) is 9.86. The Balaban J connectivity index is 1.83. The van der Waals surface area contributed by atoms with E-state index < -0.39 is 4.92 Å². The van der Waals surface area contributed by atoms with Crippen LogP contribution < -0.4 is 5.32 Å². The molecule has 0 saturated carbocycles. The molecule has 0 fully saturated rings. The topological polar surface area (TPSA) is 94.1 Å². The molecule has 8 heteroatoms. The normalized spacial score (nSPS) is 10.6. The zero-order valence-electron chi connectivity index (χ0n) is 9.04. The van der Waals surface area contributed by atoms with Gasteiger partial charge in [0.05, 0.1) is 11.5 Å². The lowest BCUT2D eigenvalue weighted by atomic mass is 10.3. The number of nitrogens with zero attached hydrogens (tertiary/aromatic N) is 3. The van der Waals surface area contributed by atoms with Crippen molar-refractivity contribution >= 4 is 16.3 Å². The van der Waals surface area contributed by atoms with Crippen molar-refractivity contribution in [3.05, 3.63) is 38.8 Å². The van der Waals surface area contributed by atoms with Crippen LogP contribution in [0.1, 0.15) is 17.3 Å². The van der Waals surface area contributed by atoms with E-state index in [2.05, 4.69) is 15.5 Å². The van der Waals surface area contributed by atoms with Crippen LogP contribution in [-0.2, 0) is 13.1 Å². The smallest absolute Gasteiger partial charge is 0.324 e. The molecule has 0 saturated heterocycles. The Morgan fingerprint density at radius 1 is 1.59 bits per heavy atom. The highest BCUT2D eigenvalue weighted by Gasteiger charge is 2.09. The third-order valence-corrected chi connectivity index (χ3v) is 2.92. The molecule has 0 spiro atoms. The van der Waals surface area contributed by atoms with Crippen molar-refractivity contribution in [2.24, 2.45) is 0 Å². The lowest BCUT2D eigenvalue weighted by Gasteiger charge is -1.97. The summed E-state index contributed by atoms with van der Waals surface area (Å²) in [6.45, 7) is 2.73. The Morgan fingerprint density at radius 2 is 2.41 bits per heavy atom. The van der Waals surface area contributed by atoms with Crippen LogP contribution in [0.2, 0.25) is 0 Å². The molecule has 17 heavy (non-hydrogen) atoms. The van der Waals surface area contributed by atoms with Gasteiger partial charge in [0.15, 0.2) is 5.82 Å². The molecular formula is C9H10N4O3S. The molecule has 0 radical (unpaired) electrons. The van der Waals surface area contributed by atoms with Crippen LogP contribution >= 0.6 is 11.3 Å². The summed E-state index contributed by atoms with van der Waals surface area (Å²) in [5.74, 6) is 1.10. The first-order valence-electron chi connectivity index (χ1n) is 4.87. The molecule has 0 bridgehead atoms. The molecule has 2 rings (SSSR count). The molecule has 0 amide bonds. The van der Waals surface area contributed by atoms with E-state index in [-0.39, 0.29) is 5.00 Å². The Morgan fingerprint density at radius 3 is 3.00 bits per heavy atom. The molecule has 0 unspecified atom stereocenters. The molecule has 0 aliphatic heterocycles. The lowest BCUT2D eigenvalue weighted by Crippen LogP contribution is -2.12. The first-order valence-corrected chi connectivity index (χ1v) is 5.75. The molecule has 90 valence electrons. The average molecular weight is 254 g/mol. The van der Waals surface area contributed by atoms with Gasteiger partial charge in [-0.2, -0.15) is 4.98 Å². The number of nitro groups is 1. The highest BCUT2D eigenvalue weighted by atomic mass is 32.1. The minimum atomic E-state index is -0.393. The summed E-state index contributed by atoms with van der Waals surface area (Å²) >= 11 is 1.12. The van der Waals surface area contributed by atoms with Crippen LogP contribution in [-0.4, -0.2) is 15.1 Å². The average Bonchev–Trinajstić information content (AvgIpc) is 2.88. The van der Waals surface area contributed by atoms with Gasteiger partial charge in [-0.3, -0.25) is 10.1 Å². The van der Waals surface area contributed by atoms with Crippen LogP contribution in [0.3, 0.4) is 0 Å². The Bertz CT molecular complexity index is 522. The van der Waals surface area contributed by atoms with Crippen molar-refractivity contribution in [3.8, 4) is 0 Å². The Hall–Kier alpha value is -1.80. The van der Waals surface area contributed by atoms with E-state index in [4.69, 9.17) is 4.52 Å². The Labute approximate surface area is 101 Å². The molecule has 0 aliphatic rings. The molecule has 2 aromatic rings. The minimum Gasteiger partial charge on any atom is -0.338 e. The van der Waals surface area contributed by atoms with Gasteiger partial charge >= 0.3 is 5.00 Å². The van der Waals surface area contributed by atoms with Crippen molar-refractivity contribution in [1.82, 2.24) is 15.5 Å². The maximum absolute atomic E-state index is 10.5. The molecule has 0 aromatic carbocycles. The minimum absolute atomic E-state index is 0.149. The van der Waals surface area contributed by atoms with Crippen molar-refractivity contribution in [2.75, 3.05) is 0 Å². The second kappa shape index (κ2) is 5.02. The monoisotopic (exact) mass is 254 g/mol. The van der Waals surface area contributed by atoms with Crippen molar-refractivity contribution < 1.29 is 9.45 Å². The quantitative estimate of drug-likeness (QED) is 0.643. The van der Waals surface area contributed by atoms with Crippen LogP contribution in [0.5, 0.6) is 0 Å². The second-order valence-corrected chi connectivity index (χ2v) is 4.28. The van der Waals surface area contributed by atoms with Gasteiger partial charge in [-0.05, 0) is 12.5 Å². The largest absolute Gasteiger partial charge is 0.338 e. The molecule has 7 nitrogen and oxygen atoms in total. The number of aryl methyl sites for hydroxylation is 1. The maximum Gasteiger partial charge on any atom is 0.324 e. The highest BCUT2D eigenvalue weighted by Crippen LogP contribution is 2.22. The summed E-state index contributed by atoms with van der Waals surface area (Å²) in [5, 5.41) is 19.1. The standard InChI is InChI=1S/C9H10N4O3S/c1-6-11-8(16-12-6)4-10-3-7-2-9(13(14)15)17-5-7/h2,5,10H,3-4H2,1H3. The zero-order chi connectivity index (χ0) is 12.3. The van der Waals surface area contributed by atoms with Crippen molar-refractivity contribution in [3.63, 3.8) is 0 Å². The van der Waals surface area contributed by atoms with E-state index in [9.17, 15) is 10.1 Å². The predicted molar refractivity (Wildman–Crippen MR) is 60.6 cm³/mol. The molecule has 0 aliphatic carbocycles. The van der Waals surface area contributed by atoms with Crippen molar-refractivity contribution in [1.29, 1.82) is 0 Å². The fourth-order valence-corrected chi connectivity index (χ4v) is 2.01. The van der Waals surface area contributed by atoms with E-state index in [0.717, 1.165) is 16.9 Å². The van der Waals surface area contributed by atoms with E-state index in [1.165, 1.54) is 0 Å². The van der Waals surface area contributed by atoms with Gasteiger partial charge in [0, 0.05) is 18.0 Å². The van der Waals surface area contributed by atoms with Gasteiger partial charge in [0.1, 0.15) is 0 Å². The van der Waals surface area contributed by atoms with E-state index in [1.54, 1.807) is 18.4 Å². The summed E-state index contributed by atoms with van der Waals surface area (Å²) in [7, 11) is 0. The summed E-state index contributed by atoms with van der Waals surface area (Å²) in [6, 6.07) is 1.55. The molecular weight excluding hydrogens is 244 g/mol. The Kier molecular flexibility index (Phi) is 3.45. The van der Waals surface area contributed by atoms with Gasteiger partial charge in [-0.25, -0.2) is 0 Å². The lowest BCUT2D eigenvalue weighted by molar-refractivity contribution is -0.380. The first-order chi connectivity index (χ1) is 8.15. The maximum atomic E-state index is 10.5. The van der Waals surface area contributed by atoms with Gasteiger partial charge in [0.2, 0.25) is 5.89 Å². The van der Waals surface area contributed by atoms with Gasteiger partial charge in [-0.1, -0.05) is 16.5 Å². The molecule has 2 heterocycles. The predicted octanol–water partition coefficient (Wildman–Crippen LogP) is 1.64. The van der Waals surface area contributed by atoms with Crippen molar-refractivity contribution in [2.45, 2.75) is 20.0 Å². The summed E-state index contributed by atoms with van der Waals surface area (Å²) in [6.07, 6.45) is 0. The van der Waals surface area contributed by atoms with Crippen LogP contribution in [0.25, 0.3) is 0 Å².